The number of piperidine rings is 1. The van der Waals surface area contributed by atoms with E-state index < -0.39 is 11.3 Å². The molecule has 3 radical (unpaired) electrons. The van der Waals surface area contributed by atoms with Gasteiger partial charge in [0, 0.05) is 43.7 Å². The number of nitrogens with one attached hydrogen (secondary N) is 2. The molecule has 4 unspecified atom stereocenters. The number of fused-ring (bicyclic) bond motifs is 1. The van der Waals surface area contributed by atoms with E-state index in [1.54, 1.807) is 0 Å². The molecule has 4 heterocycles. The molecule has 41 heavy (non-hydrogen) atoms. The second-order valence-electron chi connectivity index (χ2n) is 11.2. The third kappa shape index (κ3) is 5.59. The molecule has 2 aromatic rings. The van der Waals surface area contributed by atoms with E-state index in [9.17, 15) is 4.79 Å². The van der Waals surface area contributed by atoms with E-state index in [4.69, 9.17) is 14.7 Å². The minimum absolute atomic E-state index is 0. The molecule has 5 aliphatic rings. The highest BCUT2D eigenvalue weighted by Gasteiger charge is 2.72. The number of carbonyl (C=O) groups excluding carboxylic acids is 1. The minimum Gasteiger partial charge on any atom is -0.356 e. The van der Waals surface area contributed by atoms with Gasteiger partial charge in [-0.3, -0.25) is 14.8 Å². The Morgan fingerprint density at radius 3 is 3.10 bits per heavy atom. The average molecular weight is 556 g/mol. The van der Waals surface area contributed by atoms with Crippen LogP contribution in [0.4, 0.5) is 0 Å². The third-order valence-electron chi connectivity index (χ3n) is 8.45. The maximum Gasteiger partial charge on any atom is 0.247 e. The second-order valence-corrected chi connectivity index (χ2v) is 11.2. The smallest absolute Gasteiger partial charge is 0.247 e. The molecule has 8 heteroatoms. The molecule has 2 N–H and O–H groups in total. The maximum absolute atomic E-state index is 11.8. The fraction of sp³-hybridized carbons (Fsp3) is 0.455. The van der Waals surface area contributed by atoms with E-state index in [-0.39, 0.29) is 22.7 Å². The van der Waals surface area contributed by atoms with Crippen LogP contribution in [0.5, 0.6) is 0 Å². The number of aromatic nitrogens is 2. The summed E-state index contributed by atoms with van der Waals surface area (Å²) in [6.07, 6.45) is 13.2. The van der Waals surface area contributed by atoms with Crippen LogP contribution in [0.15, 0.2) is 47.6 Å². The van der Waals surface area contributed by atoms with E-state index >= 15 is 0 Å². The van der Waals surface area contributed by atoms with E-state index in [0.29, 0.717) is 12.5 Å². The summed E-state index contributed by atoms with van der Waals surface area (Å²) in [4.78, 5) is 28.8. The first kappa shape index (κ1) is 27.8. The van der Waals surface area contributed by atoms with Crippen molar-refractivity contribution in [2.75, 3.05) is 39.3 Å². The number of carbonyl (C=O) groups is 1. The van der Waals surface area contributed by atoms with Gasteiger partial charge in [-0.25, -0.2) is 4.98 Å². The zero-order valence-electron chi connectivity index (χ0n) is 24.9. The predicted octanol–water partition coefficient (Wildman–Crippen LogP) is 4.08. The van der Waals surface area contributed by atoms with Crippen LogP contribution >= 0.6 is 0 Å². The van der Waals surface area contributed by atoms with Crippen molar-refractivity contribution in [2.45, 2.75) is 50.3 Å². The molecular formula is C33H43N6O2. The fourth-order valence-electron chi connectivity index (χ4n) is 6.31. The summed E-state index contributed by atoms with van der Waals surface area (Å²) in [6.45, 7) is 12.5. The lowest BCUT2D eigenvalue weighted by atomic mass is 9.93. The van der Waals surface area contributed by atoms with Crippen LogP contribution in [0.2, 0.25) is 0 Å². The standard InChI is InChI=1S/C31H32N6O2.C2H6.2H2.H/c1-2-5-23(25-7-3-8-26-29(25)34-27(16-33-26)22-9-10-22)18-37-13-4-6-21(17-37)14-32-15-24-11-12-30-20-31(30,35-24)36-28(38)19-39-30;1-2;;;/h3,7-12,16,21,23,32H,1,4,6,13-15,17-20H2,(H,36,38);1-2H3;2*1H;. The number of benzene rings is 1. The van der Waals surface area contributed by atoms with E-state index in [2.05, 4.69) is 63.9 Å². The molecule has 2 aliphatic carbocycles. The van der Waals surface area contributed by atoms with Gasteiger partial charge < -0.3 is 20.3 Å². The number of ether oxygens (including phenoxy) is 1. The Kier molecular flexibility index (Phi) is 7.78. The lowest BCUT2D eigenvalue weighted by Crippen LogP contribution is -2.52. The zero-order valence-corrected chi connectivity index (χ0v) is 23.9. The van der Waals surface area contributed by atoms with Gasteiger partial charge in [0.25, 0.3) is 0 Å². The molecule has 3 aliphatic heterocycles. The number of rotatable bonds is 8. The predicted molar refractivity (Wildman–Crippen MR) is 167 cm³/mol. The first-order valence-electron chi connectivity index (χ1n) is 14.8. The first-order valence-corrected chi connectivity index (χ1v) is 14.8. The number of morpholine rings is 1. The van der Waals surface area contributed by atoms with Crippen LogP contribution < -0.4 is 10.6 Å². The highest BCUT2D eigenvalue weighted by molar-refractivity contribution is 5.99. The van der Waals surface area contributed by atoms with E-state index in [1.165, 1.54) is 6.42 Å². The van der Waals surface area contributed by atoms with Crippen molar-refractivity contribution in [3.63, 3.8) is 0 Å². The van der Waals surface area contributed by atoms with Crippen molar-refractivity contribution < 1.29 is 13.8 Å². The molecule has 1 amide bonds. The summed E-state index contributed by atoms with van der Waals surface area (Å²) < 4.78 is 5.77. The number of hydrogen-bond donors (Lipinski definition) is 2. The highest BCUT2D eigenvalue weighted by Crippen LogP contribution is 2.56. The molecule has 0 spiro atoms. The quantitative estimate of drug-likeness (QED) is 0.477. The zero-order chi connectivity index (χ0) is 28.5. The largest absolute Gasteiger partial charge is 0.356 e. The number of allylic oxidation sites excluding steroid dienone is 2. The number of likely N-dealkylation sites (tertiary alicyclic amines) is 1. The fourth-order valence-corrected chi connectivity index (χ4v) is 6.31. The second kappa shape index (κ2) is 11.5. The van der Waals surface area contributed by atoms with Crippen LogP contribution in [0.3, 0.4) is 0 Å². The molecule has 7 rings (SSSR count). The van der Waals surface area contributed by atoms with Crippen molar-refractivity contribution in [1.29, 1.82) is 0 Å². The maximum atomic E-state index is 11.8. The van der Waals surface area contributed by atoms with Crippen molar-refractivity contribution in [3.05, 3.63) is 67.2 Å². The third-order valence-corrected chi connectivity index (χ3v) is 8.45. The van der Waals surface area contributed by atoms with Gasteiger partial charge in [0.2, 0.25) is 5.91 Å². The first-order chi connectivity index (χ1) is 20.1. The van der Waals surface area contributed by atoms with Gasteiger partial charge in [0.15, 0.2) is 5.66 Å². The molecule has 2 saturated heterocycles. The summed E-state index contributed by atoms with van der Waals surface area (Å²) in [5.41, 5.74) is 4.97. The molecule has 217 valence electrons. The Hall–Kier alpha value is -3.38. The van der Waals surface area contributed by atoms with Gasteiger partial charge in [-0.2, -0.15) is 0 Å². The van der Waals surface area contributed by atoms with Crippen molar-refractivity contribution in [2.24, 2.45) is 10.9 Å². The topological polar surface area (TPSA) is 91.7 Å². The van der Waals surface area contributed by atoms with Crippen molar-refractivity contribution in [1.82, 2.24) is 25.5 Å². The molecule has 4 atom stereocenters. The van der Waals surface area contributed by atoms with Crippen molar-refractivity contribution in [3.8, 4) is 11.8 Å². The Morgan fingerprint density at radius 2 is 2.27 bits per heavy atom. The van der Waals surface area contributed by atoms with Crippen LogP contribution in [0.1, 0.15) is 54.6 Å². The Bertz CT molecular complexity index is 1500. The molecule has 1 saturated carbocycles. The number of nitrogens with zero attached hydrogens (tertiary/aromatic N) is 4. The van der Waals surface area contributed by atoms with Crippen LogP contribution in [0, 0.1) is 31.1 Å². The average Bonchev–Trinajstić information content (AvgIpc) is 3.92. The summed E-state index contributed by atoms with van der Waals surface area (Å²) in [6, 6.07) is 6.20. The molecule has 8 nitrogen and oxygen atoms in total. The number of aliphatic imine (C=N–C) groups is 1. The van der Waals surface area contributed by atoms with Gasteiger partial charge in [-0.15, -0.1) is 5.92 Å². The Balaban J connectivity index is 0.00000104. The molecule has 0 bridgehead atoms. The Morgan fingerprint density at radius 1 is 1.39 bits per heavy atom. The lowest BCUT2D eigenvalue weighted by molar-refractivity contribution is -0.134. The van der Waals surface area contributed by atoms with Crippen LogP contribution in [-0.2, 0) is 9.53 Å². The summed E-state index contributed by atoms with van der Waals surface area (Å²) >= 11 is 0. The monoisotopic (exact) mass is 555 g/mol. The normalized spacial score (nSPS) is 28.5. The van der Waals surface area contributed by atoms with Crippen molar-refractivity contribution >= 4 is 28.2 Å². The lowest BCUT2D eigenvalue weighted by Gasteiger charge is -2.34. The SMILES string of the molecule is CC.[CH2]C#CC(CN1CCCC(CNCC2=NC34CC3(C=C2)OCC(=O)N4)C1)c1cccc2ncc(C3=C[CH]3)nc12.[HH].[HH].[H]. The van der Waals surface area contributed by atoms with E-state index in [0.717, 1.165) is 72.6 Å². The van der Waals surface area contributed by atoms with Gasteiger partial charge in [-0.05, 0) is 61.2 Å². The number of para-hydroxylation sites is 1. The van der Waals surface area contributed by atoms with Gasteiger partial charge >= 0.3 is 0 Å². The van der Waals surface area contributed by atoms with Gasteiger partial charge in [0.05, 0.1) is 34.6 Å². The molecular weight excluding hydrogens is 512 g/mol. The number of dihydropyridines is 1. The number of amides is 1. The van der Waals surface area contributed by atoms with Gasteiger partial charge in [0.1, 0.15) is 12.2 Å². The highest BCUT2D eigenvalue weighted by atomic mass is 16.5. The molecule has 1 aromatic heterocycles. The summed E-state index contributed by atoms with van der Waals surface area (Å²) in [5, 5.41) is 6.65. The summed E-state index contributed by atoms with van der Waals surface area (Å²) in [7, 11) is 0. The van der Waals surface area contributed by atoms with E-state index in [1.807, 2.05) is 38.3 Å². The summed E-state index contributed by atoms with van der Waals surface area (Å²) in [5.74, 6) is 6.77. The van der Waals surface area contributed by atoms with Gasteiger partial charge in [-0.1, -0.05) is 38.0 Å². The number of hydrogen-bond acceptors (Lipinski definition) is 7. The minimum atomic E-state index is -0.583. The molecule has 3 fully saturated rings. The van der Waals surface area contributed by atoms with Crippen LogP contribution in [-0.4, -0.2) is 77.1 Å². The molecule has 1 aromatic carbocycles. The van der Waals surface area contributed by atoms with Crippen LogP contribution in [0.25, 0.3) is 16.6 Å². The Labute approximate surface area is 247 Å².